The van der Waals surface area contributed by atoms with Gasteiger partial charge >= 0.3 is 0 Å². The fourth-order valence-corrected chi connectivity index (χ4v) is 4.11. The summed E-state index contributed by atoms with van der Waals surface area (Å²) in [5, 5.41) is 4.43. The van der Waals surface area contributed by atoms with Gasteiger partial charge in [0.2, 0.25) is 4.96 Å². The summed E-state index contributed by atoms with van der Waals surface area (Å²) in [5.74, 6) is 0.575. The Hall–Kier alpha value is -2.31. The summed E-state index contributed by atoms with van der Waals surface area (Å²) < 4.78 is 2.95. The molecule has 0 unspecified atom stereocenters. The van der Waals surface area contributed by atoms with Gasteiger partial charge in [-0.2, -0.15) is 9.50 Å². The second-order valence-electron chi connectivity index (χ2n) is 7.39. The zero-order valence-corrected chi connectivity index (χ0v) is 17.6. The summed E-state index contributed by atoms with van der Waals surface area (Å²) in [6.07, 6.45) is 1.87. The molecular weight excluding hydrogens is 422 g/mol. The average molecular weight is 440 g/mol. The first-order valence-electron chi connectivity index (χ1n) is 8.60. The zero-order valence-electron chi connectivity index (χ0n) is 15.2. The third-order valence-electron chi connectivity index (χ3n) is 4.38. The van der Waals surface area contributed by atoms with Crippen molar-refractivity contribution in [3.63, 3.8) is 0 Å². The third kappa shape index (κ3) is 3.47. The standard InChI is InChI=1S/C21H18BrN3OS/c1-21(2,3)15-10-8-13(9-11-15)18-23-20-25(24-18)19(26)17(27-20)12-14-6-4-5-7-16(14)22/h4-12H,1-3H3. The van der Waals surface area contributed by atoms with Crippen LogP contribution in [-0.2, 0) is 5.41 Å². The molecular formula is C21H18BrN3OS. The Balaban J connectivity index is 1.75. The number of benzene rings is 2. The van der Waals surface area contributed by atoms with E-state index >= 15 is 0 Å². The van der Waals surface area contributed by atoms with Crippen molar-refractivity contribution in [3.05, 3.63) is 79.0 Å². The number of rotatable bonds is 2. The predicted molar refractivity (Wildman–Crippen MR) is 114 cm³/mol. The van der Waals surface area contributed by atoms with E-state index in [0.717, 1.165) is 15.6 Å². The van der Waals surface area contributed by atoms with Crippen LogP contribution in [0.1, 0.15) is 31.9 Å². The Morgan fingerprint density at radius 3 is 2.41 bits per heavy atom. The quantitative estimate of drug-likeness (QED) is 0.464. The van der Waals surface area contributed by atoms with Crippen molar-refractivity contribution in [1.82, 2.24) is 14.6 Å². The summed E-state index contributed by atoms with van der Waals surface area (Å²) in [7, 11) is 0. The summed E-state index contributed by atoms with van der Waals surface area (Å²) >= 11 is 4.86. The van der Waals surface area contributed by atoms with E-state index in [2.05, 4.69) is 58.9 Å². The van der Waals surface area contributed by atoms with Crippen LogP contribution in [0, 0.1) is 0 Å². The smallest absolute Gasteiger partial charge is 0.266 e. The molecule has 2 aromatic heterocycles. The van der Waals surface area contributed by atoms with Crippen molar-refractivity contribution in [2.45, 2.75) is 26.2 Å². The summed E-state index contributed by atoms with van der Waals surface area (Å²) in [6, 6.07) is 16.0. The van der Waals surface area contributed by atoms with Crippen molar-refractivity contribution in [2.24, 2.45) is 0 Å². The van der Waals surface area contributed by atoms with Gasteiger partial charge in [-0.05, 0) is 28.7 Å². The number of aromatic nitrogens is 3. The molecule has 0 saturated carbocycles. The van der Waals surface area contributed by atoms with E-state index in [9.17, 15) is 4.79 Å². The van der Waals surface area contributed by atoms with E-state index in [1.54, 1.807) is 0 Å². The van der Waals surface area contributed by atoms with Crippen molar-refractivity contribution in [1.29, 1.82) is 0 Å². The number of fused-ring (bicyclic) bond motifs is 1. The molecule has 0 aliphatic rings. The SMILES string of the molecule is CC(C)(C)c1ccc(-c2nc3sc(=Cc4ccccc4Br)c(=O)n3n2)cc1. The maximum absolute atomic E-state index is 12.7. The predicted octanol–water partition coefficient (Wildman–Crippen LogP) is 4.43. The molecule has 0 radical (unpaired) electrons. The molecule has 0 bridgehead atoms. The molecule has 4 aromatic rings. The first-order valence-corrected chi connectivity index (χ1v) is 10.2. The van der Waals surface area contributed by atoms with Gasteiger partial charge in [0.15, 0.2) is 5.82 Å². The van der Waals surface area contributed by atoms with E-state index in [4.69, 9.17) is 0 Å². The Labute approximate surface area is 169 Å². The van der Waals surface area contributed by atoms with Gasteiger partial charge in [-0.1, -0.05) is 90.5 Å². The highest BCUT2D eigenvalue weighted by atomic mass is 79.9. The first-order chi connectivity index (χ1) is 12.8. The van der Waals surface area contributed by atoms with Crippen LogP contribution in [0.4, 0.5) is 0 Å². The lowest BCUT2D eigenvalue weighted by Crippen LogP contribution is -2.23. The fraction of sp³-hybridized carbons (Fsp3) is 0.190. The fourth-order valence-electron chi connectivity index (χ4n) is 2.81. The molecule has 27 heavy (non-hydrogen) atoms. The van der Waals surface area contributed by atoms with Gasteiger partial charge in [-0.25, -0.2) is 0 Å². The van der Waals surface area contributed by atoms with Gasteiger partial charge in [-0.15, -0.1) is 5.10 Å². The molecule has 2 heterocycles. The molecule has 0 atom stereocenters. The van der Waals surface area contributed by atoms with E-state index in [-0.39, 0.29) is 11.0 Å². The molecule has 2 aromatic carbocycles. The molecule has 136 valence electrons. The lowest BCUT2D eigenvalue weighted by atomic mass is 9.87. The van der Waals surface area contributed by atoms with E-state index < -0.39 is 0 Å². The van der Waals surface area contributed by atoms with E-state index in [0.29, 0.717) is 15.3 Å². The largest absolute Gasteiger partial charge is 0.291 e. The Kier molecular flexibility index (Phi) is 4.48. The highest BCUT2D eigenvalue weighted by molar-refractivity contribution is 9.10. The molecule has 6 heteroatoms. The Bertz CT molecular complexity index is 1230. The summed E-state index contributed by atoms with van der Waals surface area (Å²) in [6.45, 7) is 6.54. The number of thiazole rings is 1. The molecule has 0 amide bonds. The van der Waals surface area contributed by atoms with Gasteiger partial charge in [0.05, 0.1) is 4.53 Å². The molecule has 0 aliphatic carbocycles. The maximum Gasteiger partial charge on any atom is 0.291 e. The van der Waals surface area contributed by atoms with Crippen LogP contribution in [0.15, 0.2) is 57.8 Å². The van der Waals surface area contributed by atoms with E-state index in [1.165, 1.54) is 21.4 Å². The van der Waals surface area contributed by atoms with Gasteiger partial charge in [0.1, 0.15) is 0 Å². The van der Waals surface area contributed by atoms with Crippen LogP contribution >= 0.6 is 27.3 Å². The van der Waals surface area contributed by atoms with Gasteiger partial charge in [0.25, 0.3) is 5.56 Å². The summed E-state index contributed by atoms with van der Waals surface area (Å²) in [5.41, 5.74) is 3.07. The zero-order chi connectivity index (χ0) is 19.2. The minimum absolute atomic E-state index is 0.0964. The van der Waals surface area contributed by atoms with Crippen molar-refractivity contribution < 1.29 is 0 Å². The minimum Gasteiger partial charge on any atom is -0.266 e. The second kappa shape index (κ2) is 6.69. The van der Waals surface area contributed by atoms with Crippen LogP contribution in [0.3, 0.4) is 0 Å². The highest BCUT2D eigenvalue weighted by Crippen LogP contribution is 2.25. The Morgan fingerprint density at radius 2 is 1.78 bits per heavy atom. The monoisotopic (exact) mass is 439 g/mol. The van der Waals surface area contributed by atoms with Crippen molar-refractivity contribution in [2.75, 3.05) is 0 Å². The van der Waals surface area contributed by atoms with Crippen molar-refractivity contribution >= 4 is 38.3 Å². The van der Waals surface area contributed by atoms with Crippen LogP contribution < -0.4 is 10.1 Å². The molecule has 0 saturated heterocycles. The number of halogens is 1. The minimum atomic E-state index is -0.143. The van der Waals surface area contributed by atoms with Crippen molar-refractivity contribution in [3.8, 4) is 11.4 Å². The lowest BCUT2D eigenvalue weighted by molar-refractivity contribution is 0.590. The number of nitrogens with zero attached hydrogens (tertiary/aromatic N) is 3. The van der Waals surface area contributed by atoms with E-state index in [1.807, 2.05) is 42.5 Å². The molecule has 4 nitrogen and oxygen atoms in total. The summed E-state index contributed by atoms with van der Waals surface area (Å²) in [4.78, 5) is 17.9. The molecule has 4 rings (SSSR count). The average Bonchev–Trinajstić information content (AvgIpc) is 3.16. The highest BCUT2D eigenvalue weighted by Gasteiger charge is 2.15. The maximum atomic E-state index is 12.7. The third-order valence-corrected chi connectivity index (χ3v) is 6.06. The lowest BCUT2D eigenvalue weighted by Gasteiger charge is -2.18. The topological polar surface area (TPSA) is 47.3 Å². The van der Waals surface area contributed by atoms with Gasteiger partial charge < -0.3 is 0 Å². The molecule has 0 N–H and O–H groups in total. The van der Waals surface area contributed by atoms with Crippen LogP contribution in [0.25, 0.3) is 22.4 Å². The first kappa shape index (κ1) is 18.1. The molecule has 0 aliphatic heterocycles. The molecule has 0 fully saturated rings. The molecule has 0 spiro atoms. The van der Waals surface area contributed by atoms with Gasteiger partial charge in [-0.3, -0.25) is 4.79 Å². The second-order valence-corrected chi connectivity index (χ2v) is 9.26. The van der Waals surface area contributed by atoms with Crippen LogP contribution in [0.5, 0.6) is 0 Å². The normalized spacial score (nSPS) is 12.8. The Morgan fingerprint density at radius 1 is 1.07 bits per heavy atom. The number of hydrogen-bond acceptors (Lipinski definition) is 4. The number of hydrogen-bond donors (Lipinski definition) is 0. The van der Waals surface area contributed by atoms with Crippen LogP contribution in [0.2, 0.25) is 0 Å². The van der Waals surface area contributed by atoms with Gasteiger partial charge in [0, 0.05) is 10.0 Å². The van der Waals surface area contributed by atoms with Crippen LogP contribution in [-0.4, -0.2) is 14.6 Å².